The van der Waals surface area contributed by atoms with E-state index in [1.165, 1.54) is 11.2 Å². The van der Waals surface area contributed by atoms with Gasteiger partial charge in [0.05, 0.1) is 17.5 Å². The smallest absolute Gasteiger partial charge is 0.303 e. The number of fused-ring (bicyclic) bond motifs is 1. The monoisotopic (exact) mass is 839 g/mol. The van der Waals surface area contributed by atoms with Crippen molar-refractivity contribution in [3.05, 3.63) is 12.7 Å². The van der Waals surface area contributed by atoms with Gasteiger partial charge >= 0.3 is 10.2 Å². The molecule has 7 aliphatic rings. The van der Waals surface area contributed by atoms with Crippen molar-refractivity contribution >= 4 is 45.4 Å². The maximum Gasteiger partial charge on any atom is 0.303 e. The van der Waals surface area contributed by atoms with Crippen LogP contribution >= 0.6 is 0 Å². The normalized spacial score (nSPS) is 32.3. The van der Waals surface area contributed by atoms with E-state index < -0.39 is 51.0 Å². The predicted molar refractivity (Wildman–Crippen MR) is 222 cm³/mol. The van der Waals surface area contributed by atoms with Crippen LogP contribution in [0.25, 0.3) is 0 Å². The van der Waals surface area contributed by atoms with Crippen LogP contribution in [0.1, 0.15) is 144 Å². The van der Waals surface area contributed by atoms with E-state index in [4.69, 9.17) is 0 Å². The van der Waals surface area contributed by atoms with Crippen molar-refractivity contribution < 1.29 is 37.2 Å². The summed E-state index contributed by atoms with van der Waals surface area (Å²) in [4.78, 5) is 88.3. The maximum atomic E-state index is 15.3. The third-order valence-electron chi connectivity index (χ3n) is 16.9. The van der Waals surface area contributed by atoms with Gasteiger partial charge in [0.2, 0.25) is 23.6 Å². The first kappa shape index (κ1) is 43.9. The lowest BCUT2D eigenvalue weighted by Crippen LogP contribution is -2.54. The second kappa shape index (κ2) is 15.6. The molecule has 2 spiro atoms. The molecule has 0 radical (unpaired) electrons. The van der Waals surface area contributed by atoms with Gasteiger partial charge in [-0.2, -0.15) is 12.7 Å². The molecule has 7 fully saturated rings. The van der Waals surface area contributed by atoms with Crippen molar-refractivity contribution in [2.75, 3.05) is 26.2 Å². The SMILES string of the molecule is C=C[C@@H]1C[C@]1(CC(=O)[C@@H]1C[C@@]2(CN1C(=O)[C@@H](CC(=O)[C@@H](NC(=O)[C@@H]1CCCN1C(C)=O)C1CCCCC1)C(C)(C)C)C(C)(C)C21CCC1)C(=O)NS(=O)(=O)N1CCCC1. The van der Waals surface area contributed by atoms with Gasteiger partial charge in [-0.05, 0) is 92.3 Å². The third kappa shape index (κ3) is 7.41. The number of amides is 4. The number of nitrogens with one attached hydrogen (secondary N) is 2. The Bertz CT molecular complexity index is 1860. The van der Waals surface area contributed by atoms with Crippen molar-refractivity contribution in [3.63, 3.8) is 0 Å². The molecule has 59 heavy (non-hydrogen) atoms. The number of likely N-dealkylation sites (tertiary alicyclic amines) is 2. The molecule has 7 atom stereocenters. The summed E-state index contributed by atoms with van der Waals surface area (Å²) in [6.07, 6.45) is 12.4. The molecule has 0 aromatic heterocycles. The van der Waals surface area contributed by atoms with Gasteiger partial charge in [-0.1, -0.05) is 66.4 Å². The Morgan fingerprint density at radius 3 is 2.03 bits per heavy atom. The quantitative estimate of drug-likeness (QED) is 0.228. The number of Topliss-reactive ketones (excluding diaryl/α,β-unsaturated/α-hetero) is 2. The summed E-state index contributed by atoms with van der Waals surface area (Å²) < 4.78 is 30.0. The molecule has 4 saturated carbocycles. The van der Waals surface area contributed by atoms with Gasteiger partial charge in [0.1, 0.15) is 6.04 Å². The molecule has 2 N–H and O–H groups in total. The van der Waals surface area contributed by atoms with Gasteiger partial charge in [0.25, 0.3) is 0 Å². The number of carbonyl (C=O) groups is 6. The number of hydrogen-bond acceptors (Lipinski definition) is 8. The van der Waals surface area contributed by atoms with Crippen molar-refractivity contribution in [1.82, 2.24) is 24.1 Å². The number of nitrogens with zero attached hydrogens (tertiary/aromatic N) is 3. The lowest BCUT2D eigenvalue weighted by molar-refractivity contribution is -0.147. The zero-order chi connectivity index (χ0) is 42.9. The van der Waals surface area contributed by atoms with Crippen LogP contribution in [0.2, 0.25) is 0 Å². The molecular formula is C45H69N5O8S. The zero-order valence-electron chi connectivity index (χ0n) is 36.4. The molecule has 13 nitrogen and oxygen atoms in total. The minimum absolute atomic E-state index is 0.00701. The van der Waals surface area contributed by atoms with E-state index in [1.54, 1.807) is 15.9 Å². The van der Waals surface area contributed by atoms with Crippen LogP contribution < -0.4 is 10.0 Å². The zero-order valence-corrected chi connectivity index (χ0v) is 37.2. The van der Waals surface area contributed by atoms with Crippen molar-refractivity contribution in [1.29, 1.82) is 0 Å². The Balaban J connectivity index is 1.15. The summed E-state index contributed by atoms with van der Waals surface area (Å²) in [5.74, 6) is -3.18. The number of ketones is 2. The average Bonchev–Trinajstić information content (AvgIpc) is 3.59. The Kier molecular flexibility index (Phi) is 11.7. The minimum Gasteiger partial charge on any atom is -0.344 e. The molecule has 3 aliphatic heterocycles. The highest BCUT2D eigenvalue weighted by Crippen LogP contribution is 2.88. The van der Waals surface area contributed by atoms with E-state index >= 15 is 4.79 Å². The van der Waals surface area contributed by atoms with Crippen LogP contribution in [0.4, 0.5) is 0 Å². The average molecular weight is 840 g/mol. The lowest BCUT2D eigenvalue weighted by Gasteiger charge is -2.37. The largest absolute Gasteiger partial charge is 0.344 e. The van der Waals surface area contributed by atoms with Gasteiger partial charge in [-0.25, -0.2) is 4.72 Å². The van der Waals surface area contributed by atoms with E-state index in [-0.39, 0.29) is 70.2 Å². The van der Waals surface area contributed by atoms with E-state index in [2.05, 4.69) is 30.5 Å². The van der Waals surface area contributed by atoms with Gasteiger partial charge < -0.3 is 15.1 Å². The third-order valence-corrected chi connectivity index (χ3v) is 18.4. The molecule has 3 heterocycles. The van der Waals surface area contributed by atoms with Gasteiger partial charge in [-0.15, -0.1) is 6.58 Å². The molecule has 0 aromatic rings. The number of allylic oxidation sites excluding steroid dienone is 1. The Labute approximate surface area is 351 Å². The molecule has 328 valence electrons. The van der Waals surface area contributed by atoms with Gasteiger partial charge in [-0.3, -0.25) is 28.8 Å². The first-order valence-electron chi connectivity index (χ1n) is 22.5. The fourth-order valence-electron chi connectivity index (χ4n) is 12.8. The first-order valence-corrected chi connectivity index (χ1v) is 24.0. The van der Waals surface area contributed by atoms with Crippen LogP contribution in [0.5, 0.6) is 0 Å². The predicted octanol–water partition coefficient (Wildman–Crippen LogP) is 5.09. The molecule has 3 saturated heterocycles. The summed E-state index contributed by atoms with van der Waals surface area (Å²) >= 11 is 0. The minimum atomic E-state index is -4.07. The van der Waals surface area contributed by atoms with Crippen LogP contribution in [0, 0.1) is 44.8 Å². The summed E-state index contributed by atoms with van der Waals surface area (Å²) in [5, 5.41) is 3.10. The fraction of sp³-hybridized carbons (Fsp3) is 0.822. The van der Waals surface area contributed by atoms with E-state index in [1.807, 2.05) is 20.8 Å². The van der Waals surface area contributed by atoms with Crippen molar-refractivity contribution in [2.24, 2.45) is 44.8 Å². The van der Waals surface area contributed by atoms with Crippen LogP contribution in [-0.4, -0.2) is 102 Å². The van der Waals surface area contributed by atoms with E-state index in [9.17, 15) is 32.4 Å². The number of hydrogen-bond donors (Lipinski definition) is 2. The summed E-state index contributed by atoms with van der Waals surface area (Å²) in [5.41, 5.74) is -2.36. The summed E-state index contributed by atoms with van der Waals surface area (Å²) in [6, 6.07) is -2.25. The molecule has 0 unspecified atom stereocenters. The van der Waals surface area contributed by atoms with Crippen molar-refractivity contribution in [2.45, 2.75) is 162 Å². The summed E-state index contributed by atoms with van der Waals surface area (Å²) in [7, 11) is -4.07. The standard InChI is InChI=1S/C45H69N5O8S/c1-8-31-25-43(31,40(56)47-59(57,58)48-21-12-13-22-48)27-36(53)34-26-45(42(6,7)44(45)19-15-20-44)28-50(34)39(55)32(41(3,4)5)24-35(52)37(30-16-10-9-11-17-30)46-38(54)33-18-14-23-49(33)29(2)51/h8,30-34,37H,1,9-28H2,2-7H3,(H,46,54)(H,47,56)/t31-,32-,33+,34+,37+,43-,45-/m1/s1. The van der Waals surface area contributed by atoms with Crippen molar-refractivity contribution in [3.8, 4) is 0 Å². The molecule has 7 rings (SSSR count). The molecule has 0 bridgehead atoms. The highest BCUT2D eigenvalue weighted by atomic mass is 32.2. The first-order chi connectivity index (χ1) is 27.7. The molecule has 4 amide bonds. The number of rotatable bonds is 14. The maximum absolute atomic E-state index is 15.3. The second-order valence-corrected chi connectivity index (χ2v) is 22.7. The Hall–Kier alpha value is -3.13. The Morgan fingerprint density at radius 1 is 0.831 bits per heavy atom. The van der Waals surface area contributed by atoms with Gasteiger partial charge in [0, 0.05) is 57.3 Å². The molecular weight excluding hydrogens is 771 g/mol. The molecule has 4 aliphatic carbocycles. The summed E-state index contributed by atoms with van der Waals surface area (Å²) in [6.45, 7) is 17.2. The highest BCUT2D eigenvalue weighted by Gasteiger charge is 2.85. The van der Waals surface area contributed by atoms with Crippen LogP contribution in [0.15, 0.2) is 12.7 Å². The topological polar surface area (TPSA) is 170 Å². The van der Waals surface area contributed by atoms with Crippen LogP contribution in [-0.2, 0) is 39.0 Å². The van der Waals surface area contributed by atoms with E-state index in [0.29, 0.717) is 51.9 Å². The van der Waals surface area contributed by atoms with E-state index in [0.717, 1.165) is 64.2 Å². The Morgan fingerprint density at radius 2 is 1.49 bits per heavy atom. The fourth-order valence-corrected chi connectivity index (χ4v) is 14.1. The molecule has 14 heteroatoms. The lowest BCUT2D eigenvalue weighted by atomic mass is 9.73. The van der Waals surface area contributed by atoms with Crippen LogP contribution in [0.3, 0.4) is 0 Å². The second-order valence-electron chi connectivity index (χ2n) is 21.1. The highest BCUT2D eigenvalue weighted by molar-refractivity contribution is 7.87. The molecule has 0 aromatic carbocycles. The number of carbonyl (C=O) groups excluding carboxylic acids is 6. The van der Waals surface area contributed by atoms with Gasteiger partial charge in [0.15, 0.2) is 11.6 Å².